The molecule has 0 radical (unpaired) electrons. The highest BCUT2D eigenvalue weighted by Crippen LogP contribution is 2.45. The van der Waals surface area contributed by atoms with Gasteiger partial charge in [0.05, 0.1) is 11.2 Å². The van der Waals surface area contributed by atoms with Crippen LogP contribution in [-0.2, 0) is 10.3 Å². The molecule has 1 aromatic carbocycles. The van der Waals surface area contributed by atoms with Crippen LogP contribution in [0.5, 0.6) is 0 Å². The quantitative estimate of drug-likeness (QED) is 0.881. The second kappa shape index (κ2) is 6.11. The Morgan fingerprint density at radius 1 is 1.29 bits per heavy atom. The summed E-state index contributed by atoms with van der Waals surface area (Å²) in [5, 5.41) is 11.8. The topological polar surface area (TPSA) is 29.5 Å². The second-order valence-electron chi connectivity index (χ2n) is 6.49. The Hall–Kier alpha value is -0.220. The molecule has 2 fully saturated rings. The fourth-order valence-corrected chi connectivity index (χ4v) is 4.99. The van der Waals surface area contributed by atoms with E-state index in [0.717, 1.165) is 37.9 Å². The van der Waals surface area contributed by atoms with Crippen LogP contribution in [0.3, 0.4) is 0 Å². The molecule has 1 N–H and O–H groups in total. The minimum absolute atomic E-state index is 0.00455. The van der Waals surface area contributed by atoms with Gasteiger partial charge in [0.1, 0.15) is 0 Å². The lowest BCUT2D eigenvalue weighted by molar-refractivity contribution is -0.144. The Bertz CT molecular complexity index is 475. The van der Waals surface area contributed by atoms with Crippen LogP contribution in [0, 0.1) is 5.92 Å². The zero-order valence-electron chi connectivity index (χ0n) is 12.5. The van der Waals surface area contributed by atoms with Gasteiger partial charge in [-0.3, -0.25) is 0 Å². The maximum atomic E-state index is 11.1. The van der Waals surface area contributed by atoms with Crippen LogP contribution < -0.4 is 0 Å². The number of hydrogen-bond donors (Lipinski definition) is 1. The molecule has 0 bridgehead atoms. The molecule has 2 unspecified atom stereocenters. The van der Waals surface area contributed by atoms with E-state index < -0.39 is 5.60 Å². The first-order valence-electron chi connectivity index (χ1n) is 7.72. The van der Waals surface area contributed by atoms with Crippen molar-refractivity contribution in [1.82, 2.24) is 0 Å². The summed E-state index contributed by atoms with van der Waals surface area (Å²) in [7, 11) is 0. The third kappa shape index (κ3) is 3.26. The normalized spacial score (nSPS) is 28.2. The van der Waals surface area contributed by atoms with Gasteiger partial charge in [0.2, 0.25) is 0 Å². The molecule has 3 rings (SSSR count). The van der Waals surface area contributed by atoms with Gasteiger partial charge in [-0.05, 0) is 67.7 Å². The summed E-state index contributed by atoms with van der Waals surface area (Å²) >= 11 is 7.97. The molecule has 0 saturated carbocycles. The van der Waals surface area contributed by atoms with Crippen molar-refractivity contribution < 1.29 is 9.84 Å². The van der Waals surface area contributed by atoms with Crippen LogP contribution in [0.1, 0.15) is 38.2 Å². The zero-order chi connectivity index (χ0) is 14.9. The largest absolute Gasteiger partial charge is 0.385 e. The Kier molecular flexibility index (Phi) is 4.56. The maximum absolute atomic E-state index is 11.1. The molecule has 21 heavy (non-hydrogen) atoms. The average Bonchev–Trinajstić information content (AvgIpc) is 2.48. The third-order valence-electron chi connectivity index (χ3n) is 5.12. The van der Waals surface area contributed by atoms with Gasteiger partial charge in [-0.2, -0.15) is 11.8 Å². The summed E-state index contributed by atoms with van der Waals surface area (Å²) in [5.74, 6) is 2.60. The lowest BCUT2D eigenvalue weighted by atomic mass is 9.72. The van der Waals surface area contributed by atoms with E-state index in [1.54, 1.807) is 0 Å². The van der Waals surface area contributed by atoms with Crippen LogP contribution in [0.15, 0.2) is 24.3 Å². The van der Waals surface area contributed by atoms with Crippen molar-refractivity contribution >= 4 is 23.4 Å². The SMILES string of the molecule is CC(O)(c1ccc(Cl)cc1)C1CCOC2(CCSCC2)C1. The van der Waals surface area contributed by atoms with E-state index >= 15 is 0 Å². The lowest BCUT2D eigenvalue weighted by Gasteiger charge is -2.47. The molecule has 0 aromatic heterocycles. The molecule has 0 amide bonds. The number of halogens is 1. The van der Waals surface area contributed by atoms with Gasteiger partial charge >= 0.3 is 0 Å². The minimum Gasteiger partial charge on any atom is -0.385 e. The molecule has 2 heterocycles. The molecule has 1 spiro atoms. The highest BCUT2D eigenvalue weighted by Gasteiger charge is 2.45. The predicted molar refractivity (Wildman–Crippen MR) is 89.0 cm³/mol. The fraction of sp³-hybridized carbons (Fsp3) is 0.647. The standard InChI is InChI=1S/C17H23ClO2S/c1-16(19,13-2-4-15(18)5-3-13)14-6-9-20-17(12-14)7-10-21-11-8-17/h2-5,14,19H,6-12H2,1H3. The van der Waals surface area contributed by atoms with Gasteiger partial charge in [0.15, 0.2) is 0 Å². The molecule has 0 aliphatic carbocycles. The summed E-state index contributed by atoms with van der Waals surface area (Å²) in [6, 6.07) is 7.61. The number of rotatable bonds is 2. The summed E-state index contributed by atoms with van der Waals surface area (Å²) in [6.45, 7) is 2.70. The minimum atomic E-state index is -0.814. The van der Waals surface area contributed by atoms with E-state index in [-0.39, 0.29) is 11.5 Å². The maximum Gasteiger partial charge on any atom is 0.0898 e. The Morgan fingerprint density at radius 2 is 1.95 bits per heavy atom. The van der Waals surface area contributed by atoms with Crippen LogP contribution in [-0.4, -0.2) is 28.8 Å². The summed E-state index contributed by atoms with van der Waals surface area (Å²) < 4.78 is 6.14. The van der Waals surface area contributed by atoms with Gasteiger partial charge in [-0.25, -0.2) is 0 Å². The highest BCUT2D eigenvalue weighted by molar-refractivity contribution is 7.99. The van der Waals surface area contributed by atoms with Gasteiger partial charge in [0, 0.05) is 11.6 Å². The van der Waals surface area contributed by atoms with E-state index in [0.29, 0.717) is 5.02 Å². The van der Waals surface area contributed by atoms with E-state index in [4.69, 9.17) is 16.3 Å². The van der Waals surface area contributed by atoms with Crippen molar-refractivity contribution in [3.63, 3.8) is 0 Å². The number of hydrogen-bond acceptors (Lipinski definition) is 3. The third-order valence-corrected chi connectivity index (χ3v) is 6.36. The van der Waals surface area contributed by atoms with Gasteiger partial charge in [0.25, 0.3) is 0 Å². The summed E-state index contributed by atoms with van der Waals surface area (Å²) in [5.41, 5.74) is 0.149. The van der Waals surface area contributed by atoms with Crippen molar-refractivity contribution in [3.05, 3.63) is 34.9 Å². The molecular weight excluding hydrogens is 304 g/mol. The van der Waals surface area contributed by atoms with Crippen molar-refractivity contribution in [1.29, 1.82) is 0 Å². The van der Waals surface area contributed by atoms with Crippen LogP contribution >= 0.6 is 23.4 Å². The summed E-state index contributed by atoms with van der Waals surface area (Å²) in [6.07, 6.45) is 4.11. The van der Waals surface area contributed by atoms with Gasteiger partial charge < -0.3 is 9.84 Å². The lowest BCUT2D eigenvalue weighted by Crippen LogP contribution is -2.47. The summed E-state index contributed by atoms with van der Waals surface area (Å²) in [4.78, 5) is 0. The molecular formula is C17H23ClO2S. The monoisotopic (exact) mass is 326 g/mol. The van der Waals surface area contributed by atoms with E-state index in [2.05, 4.69) is 0 Å². The smallest absolute Gasteiger partial charge is 0.0898 e. The molecule has 2 aliphatic rings. The van der Waals surface area contributed by atoms with Gasteiger partial charge in [-0.15, -0.1) is 0 Å². The Labute approximate surface area is 136 Å². The van der Waals surface area contributed by atoms with E-state index in [1.807, 2.05) is 43.0 Å². The molecule has 2 nitrogen and oxygen atoms in total. The van der Waals surface area contributed by atoms with Crippen LogP contribution in [0.4, 0.5) is 0 Å². The molecule has 1 aromatic rings. The second-order valence-corrected chi connectivity index (χ2v) is 8.15. The number of thioether (sulfide) groups is 1. The Balaban J connectivity index is 1.79. The number of ether oxygens (including phenoxy) is 1. The van der Waals surface area contributed by atoms with Crippen LogP contribution in [0.25, 0.3) is 0 Å². The fourth-order valence-electron chi connectivity index (χ4n) is 3.62. The molecule has 2 atom stereocenters. The van der Waals surface area contributed by atoms with E-state index in [9.17, 15) is 5.11 Å². The van der Waals surface area contributed by atoms with Crippen molar-refractivity contribution in [3.8, 4) is 0 Å². The first-order valence-corrected chi connectivity index (χ1v) is 9.25. The van der Waals surface area contributed by atoms with Crippen molar-refractivity contribution in [2.75, 3.05) is 18.1 Å². The van der Waals surface area contributed by atoms with Crippen molar-refractivity contribution in [2.24, 2.45) is 5.92 Å². The molecule has 2 saturated heterocycles. The Morgan fingerprint density at radius 3 is 2.62 bits per heavy atom. The van der Waals surface area contributed by atoms with Crippen molar-refractivity contribution in [2.45, 2.75) is 43.8 Å². The molecule has 2 aliphatic heterocycles. The first kappa shape index (κ1) is 15.7. The average molecular weight is 327 g/mol. The zero-order valence-corrected chi connectivity index (χ0v) is 14.1. The number of aliphatic hydroxyl groups is 1. The highest BCUT2D eigenvalue weighted by atomic mass is 35.5. The van der Waals surface area contributed by atoms with Crippen LogP contribution in [0.2, 0.25) is 5.02 Å². The molecule has 116 valence electrons. The molecule has 4 heteroatoms. The van der Waals surface area contributed by atoms with E-state index in [1.165, 1.54) is 11.5 Å². The first-order chi connectivity index (χ1) is 10.0. The van der Waals surface area contributed by atoms with Gasteiger partial charge in [-0.1, -0.05) is 23.7 Å². The predicted octanol–water partition coefficient (Wildman–Crippen LogP) is 4.24. The number of benzene rings is 1.